The molecule has 0 aromatic rings. The molecule has 1 fully saturated rings. The van der Waals surface area contributed by atoms with Crippen LogP contribution in [0.15, 0.2) is 12.7 Å². The van der Waals surface area contributed by atoms with Crippen LogP contribution in [0.5, 0.6) is 0 Å². The maximum absolute atomic E-state index is 11.6. The van der Waals surface area contributed by atoms with E-state index in [2.05, 4.69) is 6.58 Å². The van der Waals surface area contributed by atoms with Crippen molar-refractivity contribution in [2.24, 2.45) is 0 Å². The van der Waals surface area contributed by atoms with E-state index < -0.39 is 5.97 Å². The van der Waals surface area contributed by atoms with E-state index in [-0.39, 0.29) is 24.6 Å². The lowest BCUT2D eigenvalue weighted by molar-refractivity contribution is -0.161. The largest absolute Gasteiger partial charge is 0.462 e. The molecule has 0 N–H and O–H groups in total. The summed E-state index contributed by atoms with van der Waals surface area (Å²) in [6.45, 7) is 5.37. The Morgan fingerprint density at radius 3 is 2.53 bits per heavy atom. The minimum absolute atomic E-state index is 0.0590. The van der Waals surface area contributed by atoms with E-state index in [0.717, 1.165) is 38.2 Å². The predicted molar refractivity (Wildman–Crippen MR) is 63.4 cm³/mol. The van der Waals surface area contributed by atoms with Crippen LogP contribution in [0.2, 0.25) is 0 Å². The Balaban J connectivity index is 2.28. The van der Waals surface area contributed by atoms with Crippen molar-refractivity contribution >= 4 is 11.9 Å². The van der Waals surface area contributed by atoms with Crippen molar-refractivity contribution in [1.29, 1.82) is 0 Å². The third kappa shape index (κ3) is 4.21. The maximum Gasteiger partial charge on any atom is 0.330 e. The summed E-state index contributed by atoms with van der Waals surface area (Å²) in [4.78, 5) is 22.4. The number of esters is 2. The molecule has 4 heteroatoms. The highest BCUT2D eigenvalue weighted by Gasteiger charge is 2.35. The second-order valence-corrected chi connectivity index (χ2v) is 4.34. The van der Waals surface area contributed by atoms with Gasteiger partial charge in [0.1, 0.15) is 12.2 Å². The van der Waals surface area contributed by atoms with Gasteiger partial charge in [0.25, 0.3) is 0 Å². The molecule has 0 saturated heterocycles. The lowest BCUT2D eigenvalue weighted by Gasteiger charge is -2.27. The summed E-state index contributed by atoms with van der Waals surface area (Å²) < 4.78 is 10.2. The Bertz CT molecular complexity index is 290. The lowest BCUT2D eigenvalue weighted by atomic mass is 9.99. The maximum atomic E-state index is 11.6. The zero-order valence-electron chi connectivity index (χ0n) is 10.4. The van der Waals surface area contributed by atoms with Crippen molar-refractivity contribution < 1.29 is 19.1 Å². The molecule has 0 aromatic heterocycles. The normalized spacial score (nSPS) is 17.5. The van der Waals surface area contributed by atoms with Crippen LogP contribution < -0.4 is 0 Å². The number of carbonyl (C=O) groups is 2. The van der Waals surface area contributed by atoms with Gasteiger partial charge in [0.05, 0.1) is 6.42 Å². The summed E-state index contributed by atoms with van der Waals surface area (Å²) in [6.07, 6.45) is 6.17. The average molecular weight is 240 g/mol. The quantitative estimate of drug-likeness (QED) is 0.528. The van der Waals surface area contributed by atoms with Crippen LogP contribution >= 0.6 is 0 Å². The zero-order valence-corrected chi connectivity index (χ0v) is 10.4. The van der Waals surface area contributed by atoms with E-state index >= 15 is 0 Å². The van der Waals surface area contributed by atoms with Crippen LogP contribution in [0.25, 0.3) is 0 Å². The summed E-state index contributed by atoms with van der Waals surface area (Å²) in [7, 11) is 0. The monoisotopic (exact) mass is 240 g/mol. The highest BCUT2D eigenvalue weighted by atomic mass is 16.6. The molecule has 0 bridgehead atoms. The summed E-state index contributed by atoms with van der Waals surface area (Å²) in [5.41, 5.74) is -0.264. The summed E-state index contributed by atoms with van der Waals surface area (Å²) in [5.74, 6) is -0.797. The smallest absolute Gasteiger partial charge is 0.330 e. The summed E-state index contributed by atoms with van der Waals surface area (Å²) in [6, 6.07) is 0. The molecule has 1 rings (SSSR count). The van der Waals surface area contributed by atoms with Gasteiger partial charge in [-0.2, -0.15) is 0 Å². The summed E-state index contributed by atoms with van der Waals surface area (Å²) >= 11 is 0. The highest BCUT2D eigenvalue weighted by Crippen LogP contribution is 2.36. The van der Waals surface area contributed by atoms with Gasteiger partial charge >= 0.3 is 11.9 Å². The molecule has 4 nitrogen and oxygen atoms in total. The fraction of sp³-hybridized carbons (Fsp3) is 0.692. The second kappa shape index (κ2) is 6.42. The van der Waals surface area contributed by atoms with Gasteiger partial charge in [0, 0.05) is 6.08 Å². The molecule has 1 aliphatic rings. The minimum atomic E-state index is -0.510. The van der Waals surface area contributed by atoms with Gasteiger partial charge in [-0.15, -0.1) is 0 Å². The molecule has 17 heavy (non-hydrogen) atoms. The number of hydrogen-bond acceptors (Lipinski definition) is 4. The molecule has 1 saturated carbocycles. The Hall–Kier alpha value is -1.32. The first-order valence-corrected chi connectivity index (χ1v) is 6.13. The summed E-state index contributed by atoms with van der Waals surface area (Å²) in [5, 5.41) is 0. The van der Waals surface area contributed by atoms with Crippen LogP contribution in [-0.2, 0) is 19.1 Å². The molecule has 96 valence electrons. The van der Waals surface area contributed by atoms with Crippen molar-refractivity contribution in [3.05, 3.63) is 12.7 Å². The van der Waals surface area contributed by atoms with E-state index in [0.29, 0.717) is 0 Å². The molecule has 0 radical (unpaired) electrons. The third-order valence-corrected chi connectivity index (χ3v) is 3.21. The first-order valence-electron chi connectivity index (χ1n) is 6.13. The highest BCUT2D eigenvalue weighted by molar-refractivity contribution is 5.81. The van der Waals surface area contributed by atoms with Crippen LogP contribution in [0.3, 0.4) is 0 Å². The van der Waals surface area contributed by atoms with E-state index in [4.69, 9.17) is 9.47 Å². The van der Waals surface area contributed by atoms with Gasteiger partial charge in [-0.05, 0) is 32.1 Å². The number of hydrogen-bond donors (Lipinski definition) is 0. The van der Waals surface area contributed by atoms with Crippen molar-refractivity contribution in [3.63, 3.8) is 0 Å². The van der Waals surface area contributed by atoms with Gasteiger partial charge in [0.2, 0.25) is 0 Å². The molecule has 0 heterocycles. The first kappa shape index (κ1) is 13.7. The van der Waals surface area contributed by atoms with Crippen molar-refractivity contribution in [2.75, 3.05) is 6.61 Å². The van der Waals surface area contributed by atoms with Gasteiger partial charge in [-0.25, -0.2) is 4.79 Å². The molecular weight excluding hydrogens is 220 g/mol. The first-order chi connectivity index (χ1) is 8.12. The van der Waals surface area contributed by atoms with E-state index in [1.807, 2.05) is 6.92 Å². The standard InChI is InChI=1S/C13H20O4/c1-3-11(14)16-10-7-12(15)17-13(4-2)8-5-6-9-13/h3H,1,4-10H2,2H3. The van der Waals surface area contributed by atoms with Crippen molar-refractivity contribution in [2.45, 2.75) is 51.0 Å². The molecule has 1 aliphatic carbocycles. The zero-order chi connectivity index (χ0) is 12.7. The number of ether oxygens (including phenoxy) is 2. The average Bonchev–Trinajstić information content (AvgIpc) is 2.78. The Labute approximate surface area is 102 Å². The van der Waals surface area contributed by atoms with E-state index in [1.54, 1.807) is 0 Å². The fourth-order valence-electron chi connectivity index (χ4n) is 2.13. The van der Waals surface area contributed by atoms with E-state index in [9.17, 15) is 9.59 Å². The van der Waals surface area contributed by atoms with Gasteiger partial charge in [-0.3, -0.25) is 4.79 Å². The molecule has 0 unspecified atom stereocenters. The Kier molecular flexibility index (Phi) is 5.19. The minimum Gasteiger partial charge on any atom is -0.462 e. The lowest BCUT2D eigenvalue weighted by Crippen LogP contribution is -2.31. The number of carbonyl (C=O) groups excluding carboxylic acids is 2. The third-order valence-electron chi connectivity index (χ3n) is 3.21. The van der Waals surface area contributed by atoms with Gasteiger partial charge < -0.3 is 9.47 Å². The SMILES string of the molecule is C=CC(=O)OCCC(=O)OC1(CC)CCCC1. The molecule has 0 amide bonds. The van der Waals surface area contributed by atoms with Crippen molar-refractivity contribution in [1.82, 2.24) is 0 Å². The molecule has 0 aromatic carbocycles. The van der Waals surface area contributed by atoms with Crippen LogP contribution in [0.1, 0.15) is 45.4 Å². The van der Waals surface area contributed by atoms with Gasteiger partial charge in [0.15, 0.2) is 0 Å². The predicted octanol–water partition coefficient (Wildman–Crippen LogP) is 2.37. The number of rotatable bonds is 6. The van der Waals surface area contributed by atoms with E-state index in [1.165, 1.54) is 0 Å². The van der Waals surface area contributed by atoms with Crippen molar-refractivity contribution in [3.8, 4) is 0 Å². The van der Waals surface area contributed by atoms with Crippen LogP contribution in [0.4, 0.5) is 0 Å². The molecular formula is C13H20O4. The molecule has 0 aliphatic heterocycles. The fourth-order valence-corrected chi connectivity index (χ4v) is 2.13. The molecule has 0 spiro atoms. The molecule has 0 atom stereocenters. The van der Waals surface area contributed by atoms with Crippen LogP contribution in [0, 0.1) is 0 Å². The van der Waals surface area contributed by atoms with Crippen LogP contribution in [-0.4, -0.2) is 24.1 Å². The Morgan fingerprint density at radius 1 is 1.35 bits per heavy atom. The Morgan fingerprint density at radius 2 is 2.00 bits per heavy atom. The van der Waals surface area contributed by atoms with Gasteiger partial charge in [-0.1, -0.05) is 13.5 Å². The second-order valence-electron chi connectivity index (χ2n) is 4.34. The topological polar surface area (TPSA) is 52.6 Å².